The Balaban J connectivity index is 1.76. The predicted molar refractivity (Wildman–Crippen MR) is 98.3 cm³/mol. The first-order valence-electron chi connectivity index (χ1n) is 8.11. The summed E-state index contributed by atoms with van der Waals surface area (Å²) in [6.45, 7) is 2.17. The Morgan fingerprint density at radius 3 is 2.57 bits per heavy atom. The van der Waals surface area contributed by atoms with Gasteiger partial charge in [-0.25, -0.2) is 4.98 Å². The summed E-state index contributed by atoms with van der Waals surface area (Å²) in [6.07, 6.45) is 5.71. The van der Waals surface area contributed by atoms with Crippen molar-refractivity contribution in [1.82, 2.24) is 9.97 Å². The lowest BCUT2D eigenvalue weighted by Crippen LogP contribution is -2.30. The minimum atomic E-state index is 0.936. The number of hydrogen-bond acceptors (Lipinski definition) is 4. The van der Waals surface area contributed by atoms with Crippen molar-refractivity contribution in [2.45, 2.75) is 24.2 Å². The number of anilines is 1. The topological polar surface area (TPSA) is 29.0 Å². The molecule has 116 valence electrons. The van der Waals surface area contributed by atoms with Crippen molar-refractivity contribution < 1.29 is 0 Å². The Hall–Kier alpha value is -2.07. The molecule has 1 fully saturated rings. The maximum atomic E-state index is 4.85. The first-order valence-corrected chi connectivity index (χ1v) is 8.56. The summed E-state index contributed by atoms with van der Waals surface area (Å²) in [6, 6.07) is 14.4. The van der Waals surface area contributed by atoms with Crippen LogP contribution in [0, 0.1) is 0 Å². The molecule has 4 rings (SSSR count). The molecule has 0 aliphatic carbocycles. The van der Waals surface area contributed by atoms with Gasteiger partial charge in [-0.2, -0.15) is 0 Å². The summed E-state index contributed by atoms with van der Waals surface area (Å²) in [7, 11) is 0. The zero-order valence-corrected chi connectivity index (χ0v) is 13.8. The van der Waals surface area contributed by atoms with Crippen molar-refractivity contribution in [1.29, 1.82) is 0 Å². The zero-order valence-electron chi connectivity index (χ0n) is 12.9. The first-order chi connectivity index (χ1) is 11.3. The van der Waals surface area contributed by atoms with Crippen LogP contribution in [0.4, 0.5) is 5.82 Å². The van der Waals surface area contributed by atoms with Crippen LogP contribution in [0.2, 0.25) is 0 Å². The second kappa shape index (κ2) is 6.20. The predicted octanol–water partition coefficient (Wildman–Crippen LogP) is 4.58. The molecule has 0 unspecified atom stereocenters. The van der Waals surface area contributed by atoms with Crippen molar-refractivity contribution in [3.8, 4) is 11.1 Å². The molecule has 1 aliphatic rings. The Bertz CT molecular complexity index is 841. The molecular weight excluding hydrogens is 302 g/mol. The smallest absolute Gasteiger partial charge is 0.147 e. The molecule has 23 heavy (non-hydrogen) atoms. The third kappa shape index (κ3) is 2.91. The number of benzene rings is 2. The molecule has 2 heterocycles. The number of fused-ring (bicyclic) bond motifs is 1. The second-order valence-electron chi connectivity index (χ2n) is 6.00. The van der Waals surface area contributed by atoms with Crippen LogP contribution < -0.4 is 4.90 Å². The van der Waals surface area contributed by atoms with Gasteiger partial charge in [0.1, 0.15) is 5.82 Å². The Morgan fingerprint density at radius 1 is 0.913 bits per heavy atom. The molecule has 0 bridgehead atoms. The van der Waals surface area contributed by atoms with Crippen LogP contribution in [0.25, 0.3) is 22.2 Å². The molecule has 0 amide bonds. The zero-order chi connectivity index (χ0) is 15.6. The van der Waals surface area contributed by atoms with Crippen LogP contribution in [0.3, 0.4) is 0 Å². The third-order valence-corrected chi connectivity index (χ3v) is 4.81. The van der Waals surface area contributed by atoms with Crippen molar-refractivity contribution >= 4 is 29.5 Å². The highest BCUT2D eigenvalue weighted by atomic mass is 32.1. The molecule has 2 aromatic carbocycles. The first kappa shape index (κ1) is 14.5. The van der Waals surface area contributed by atoms with E-state index < -0.39 is 0 Å². The van der Waals surface area contributed by atoms with Gasteiger partial charge in [0.05, 0.1) is 17.2 Å². The number of nitrogens with zero attached hydrogens (tertiary/aromatic N) is 3. The van der Waals surface area contributed by atoms with E-state index in [0.29, 0.717) is 0 Å². The summed E-state index contributed by atoms with van der Waals surface area (Å²) in [4.78, 5) is 12.8. The lowest BCUT2D eigenvalue weighted by atomic mass is 10.0. The number of thiol groups is 1. The van der Waals surface area contributed by atoms with Crippen molar-refractivity contribution in [3.63, 3.8) is 0 Å². The highest BCUT2D eigenvalue weighted by molar-refractivity contribution is 7.80. The summed E-state index contributed by atoms with van der Waals surface area (Å²) >= 11 is 4.56. The number of hydrogen-bond donors (Lipinski definition) is 1. The van der Waals surface area contributed by atoms with Gasteiger partial charge in [-0.05, 0) is 48.6 Å². The van der Waals surface area contributed by atoms with E-state index in [1.165, 1.54) is 19.3 Å². The molecule has 1 saturated heterocycles. The Morgan fingerprint density at radius 2 is 1.74 bits per heavy atom. The van der Waals surface area contributed by atoms with E-state index in [2.05, 4.69) is 40.7 Å². The molecule has 0 N–H and O–H groups in total. The molecule has 4 heteroatoms. The van der Waals surface area contributed by atoms with E-state index in [0.717, 1.165) is 46.0 Å². The van der Waals surface area contributed by atoms with E-state index in [-0.39, 0.29) is 0 Å². The normalized spacial score (nSPS) is 15.1. The average molecular weight is 321 g/mol. The minimum absolute atomic E-state index is 0.936. The van der Waals surface area contributed by atoms with Gasteiger partial charge < -0.3 is 4.90 Å². The SMILES string of the molecule is Sc1ccccc1-c1ccc2ncc(N3CCCCC3)nc2c1. The van der Waals surface area contributed by atoms with E-state index in [9.17, 15) is 0 Å². The van der Waals surface area contributed by atoms with Gasteiger partial charge in [0.2, 0.25) is 0 Å². The summed E-state index contributed by atoms with van der Waals surface area (Å²) in [5.41, 5.74) is 4.14. The molecule has 0 spiro atoms. The van der Waals surface area contributed by atoms with E-state index in [1.807, 2.05) is 30.5 Å². The van der Waals surface area contributed by atoms with Gasteiger partial charge in [-0.3, -0.25) is 4.98 Å². The molecular formula is C19H19N3S. The summed E-state index contributed by atoms with van der Waals surface area (Å²) < 4.78 is 0. The Kier molecular flexibility index (Phi) is 3.92. The lowest BCUT2D eigenvalue weighted by molar-refractivity contribution is 0.573. The molecule has 3 aromatic rings. The molecule has 0 atom stereocenters. The van der Waals surface area contributed by atoms with E-state index in [4.69, 9.17) is 4.98 Å². The van der Waals surface area contributed by atoms with Gasteiger partial charge in [0.15, 0.2) is 0 Å². The Labute approximate surface area is 141 Å². The average Bonchev–Trinajstić information content (AvgIpc) is 2.62. The maximum absolute atomic E-state index is 4.85. The van der Waals surface area contributed by atoms with Crippen LogP contribution in [0.5, 0.6) is 0 Å². The van der Waals surface area contributed by atoms with Crippen LogP contribution >= 0.6 is 12.6 Å². The number of piperidine rings is 1. The van der Waals surface area contributed by atoms with E-state index in [1.54, 1.807) is 0 Å². The fraction of sp³-hybridized carbons (Fsp3) is 0.263. The van der Waals surface area contributed by atoms with Gasteiger partial charge in [0, 0.05) is 18.0 Å². The highest BCUT2D eigenvalue weighted by Gasteiger charge is 2.13. The van der Waals surface area contributed by atoms with Crippen LogP contribution in [-0.4, -0.2) is 23.1 Å². The highest BCUT2D eigenvalue weighted by Crippen LogP contribution is 2.29. The monoisotopic (exact) mass is 321 g/mol. The van der Waals surface area contributed by atoms with Gasteiger partial charge >= 0.3 is 0 Å². The van der Waals surface area contributed by atoms with Crippen LogP contribution in [-0.2, 0) is 0 Å². The van der Waals surface area contributed by atoms with E-state index >= 15 is 0 Å². The molecule has 0 radical (unpaired) electrons. The van der Waals surface area contributed by atoms with Gasteiger partial charge in [-0.1, -0.05) is 24.3 Å². The second-order valence-corrected chi connectivity index (χ2v) is 6.48. The molecule has 1 aliphatic heterocycles. The van der Waals surface area contributed by atoms with Crippen molar-refractivity contribution in [2.24, 2.45) is 0 Å². The summed E-state index contributed by atoms with van der Waals surface area (Å²) in [5, 5.41) is 0. The maximum Gasteiger partial charge on any atom is 0.147 e. The van der Waals surface area contributed by atoms with Crippen molar-refractivity contribution in [3.05, 3.63) is 48.7 Å². The quantitative estimate of drug-likeness (QED) is 0.701. The van der Waals surface area contributed by atoms with Crippen LogP contribution in [0.15, 0.2) is 53.6 Å². The fourth-order valence-corrected chi connectivity index (χ4v) is 3.45. The number of aromatic nitrogens is 2. The number of rotatable bonds is 2. The summed E-state index contributed by atoms with van der Waals surface area (Å²) in [5.74, 6) is 0.994. The van der Waals surface area contributed by atoms with Gasteiger partial charge in [0.25, 0.3) is 0 Å². The molecule has 3 nitrogen and oxygen atoms in total. The van der Waals surface area contributed by atoms with Crippen LogP contribution in [0.1, 0.15) is 19.3 Å². The standard InChI is InChI=1S/C19H19N3S/c23-18-7-3-2-6-15(18)14-8-9-16-17(12-14)21-19(13-20-16)22-10-4-1-5-11-22/h2-3,6-9,12-13,23H,1,4-5,10-11H2. The molecule has 0 saturated carbocycles. The minimum Gasteiger partial charge on any atom is -0.355 e. The largest absolute Gasteiger partial charge is 0.355 e. The third-order valence-electron chi connectivity index (χ3n) is 4.42. The fourth-order valence-electron chi connectivity index (χ4n) is 3.16. The molecule has 1 aromatic heterocycles. The van der Waals surface area contributed by atoms with Crippen molar-refractivity contribution in [2.75, 3.05) is 18.0 Å². The lowest BCUT2D eigenvalue weighted by Gasteiger charge is -2.27. The van der Waals surface area contributed by atoms with Gasteiger partial charge in [-0.15, -0.1) is 12.6 Å².